The van der Waals surface area contributed by atoms with E-state index in [9.17, 15) is 8.42 Å². The maximum atomic E-state index is 14.0. The molecular weight excluding hydrogens is 444 g/mol. The predicted octanol–water partition coefficient (Wildman–Crippen LogP) is 5.43. The molecule has 162 valence electrons. The fourth-order valence-corrected chi connectivity index (χ4v) is 6.01. The Balaban J connectivity index is 1.75. The molecule has 5 rings (SSSR count). The van der Waals surface area contributed by atoms with Crippen LogP contribution in [0.5, 0.6) is 5.75 Å². The summed E-state index contributed by atoms with van der Waals surface area (Å²) in [5.41, 5.74) is 3.55. The molecule has 0 N–H and O–H groups in total. The summed E-state index contributed by atoms with van der Waals surface area (Å²) in [5, 5.41) is 0.559. The zero-order valence-corrected chi connectivity index (χ0v) is 18.9. The molecule has 0 bridgehead atoms. The molecule has 0 saturated carbocycles. The first-order valence-corrected chi connectivity index (χ1v) is 12.0. The van der Waals surface area contributed by atoms with Crippen molar-refractivity contribution >= 4 is 21.6 Å². The molecule has 0 radical (unpaired) electrons. The number of nitrogens with zero attached hydrogens (tertiary/aromatic N) is 2. The minimum absolute atomic E-state index is 0.211. The van der Waals surface area contributed by atoms with Crippen LogP contribution in [0.1, 0.15) is 22.9 Å². The molecule has 1 unspecified atom stereocenters. The largest absolute Gasteiger partial charge is 0.497 e. The van der Waals surface area contributed by atoms with Crippen molar-refractivity contribution in [3.63, 3.8) is 0 Å². The summed E-state index contributed by atoms with van der Waals surface area (Å²) in [4.78, 5) is 0.211. The molecule has 0 spiro atoms. The van der Waals surface area contributed by atoms with Crippen molar-refractivity contribution in [2.24, 2.45) is 0 Å². The summed E-state index contributed by atoms with van der Waals surface area (Å²) >= 11 is 6.32. The van der Waals surface area contributed by atoms with Gasteiger partial charge in [0.2, 0.25) is 10.0 Å². The maximum Gasteiger partial charge on any atom is 0.244 e. The molecule has 3 aromatic carbocycles. The first-order chi connectivity index (χ1) is 15.5. The van der Waals surface area contributed by atoms with Crippen LogP contribution >= 0.6 is 11.6 Å². The molecular formula is C25H21ClN2O3S. The predicted molar refractivity (Wildman–Crippen MR) is 125 cm³/mol. The number of sulfonamides is 1. The lowest BCUT2D eigenvalue weighted by atomic mass is 10.0. The van der Waals surface area contributed by atoms with Crippen LogP contribution in [0.15, 0.2) is 96.0 Å². The first kappa shape index (κ1) is 20.8. The lowest BCUT2D eigenvalue weighted by Gasteiger charge is -2.30. The molecule has 0 aliphatic carbocycles. The standard InChI is InChI=1S/C25H21ClN2O3S/c1-31-21-11-13-22(14-12-21)32(29,30)28-17-19-6-2-3-9-23(19)27-15-5-10-24(27)25(28)18-7-4-8-20(26)16-18/h2-16,25H,17H2,1H3. The molecule has 1 aliphatic rings. The summed E-state index contributed by atoms with van der Waals surface area (Å²) in [6.07, 6.45) is 1.97. The third kappa shape index (κ3) is 3.50. The van der Waals surface area contributed by atoms with Crippen LogP contribution in [-0.2, 0) is 16.6 Å². The van der Waals surface area contributed by atoms with Gasteiger partial charge in [0.25, 0.3) is 0 Å². The average molecular weight is 465 g/mol. The highest BCUT2D eigenvalue weighted by Gasteiger charge is 2.38. The van der Waals surface area contributed by atoms with Crippen molar-refractivity contribution in [3.8, 4) is 11.4 Å². The summed E-state index contributed by atoms with van der Waals surface area (Å²) in [5.74, 6) is 0.602. The van der Waals surface area contributed by atoms with Crippen LogP contribution in [0.25, 0.3) is 5.69 Å². The number of fused-ring (bicyclic) bond motifs is 3. The van der Waals surface area contributed by atoms with E-state index in [2.05, 4.69) is 4.57 Å². The van der Waals surface area contributed by atoms with Gasteiger partial charge < -0.3 is 9.30 Å². The summed E-state index contributed by atoms with van der Waals surface area (Å²) in [6.45, 7) is 0.226. The van der Waals surface area contributed by atoms with Gasteiger partial charge in [-0.1, -0.05) is 41.9 Å². The van der Waals surface area contributed by atoms with E-state index in [1.165, 1.54) is 0 Å². The maximum absolute atomic E-state index is 14.0. The molecule has 2 heterocycles. The smallest absolute Gasteiger partial charge is 0.244 e. The van der Waals surface area contributed by atoms with Gasteiger partial charge in [0.05, 0.1) is 18.0 Å². The van der Waals surface area contributed by atoms with E-state index >= 15 is 0 Å². The molecule has 4 aromatic rings. The van der Waals surface area contributed by atoms with Gasteiger partial charge in [-0.2, -0.15) is 4.31 Å². The second-order valence-corrected chi connectivity index (χ2v) is 9.94. The number of rotatable bonds is 4. The lowest BCUT2D eigenvalue weighted by molar-refractivity contribution is 0.353. The van der Waals surface area contributed by atoms with E-state index in [0.717, 1.165) is 22.5 Å². The molecule has 7 heteroatoms. The van der Waals surface area contributed by atoms with E-state index in [4.69, 9.17) is 16.3 Å². The van der Waals surface area contributed by atoms with Crippen molar-refractivity contribution in [1.29, 1.82) is 0 Å². The fraction of sp³-hybridized carbons (Fsp3) is 0.120. The van der Waals surface area contributed by atoms with Crippen molar-refractivity contribution in [2.75, 3.05) is 7.11 Å². The average Bonchev–Trinajstić information content (AvgIpc) is 3.23. The Labute approximate surface area is 192 Å². The fourth-order valence-electron chi connectivity index (χ4n) is 4.24. The van der Waals surface area contributed by atoms with Crippen LogP contribution in [0.2, 0.25) is 5.02 Å². The monoisotopic (exact) mass is 464 g/mol. The molecule has 32 heavy (non-hydrogen) atoms. The van der Waals surface area contributed by atoms with Gasteiger partial charge in [0.15, 0.2) is 0 Å². The third-order valence-electron chi connectivity index (χ3n) is 5.76. The van der Waals surface area contributed by atoms with E-state index in [1.54, 1.807) is 41.7 Å². The molecule has 1 aromatic heterocycles. The van der Waals surface area contributed by atoms with E-state index in [1.807, 2.05) is 60.8 Å². The van der Waals surface area contributed by atoms with Crippen LogP contribution in [-0.4, -0.2) is 24.4 Å². The van der Waals surface area contributed by atoms with Crippen LogP contribution in [0, 0.1) is 0 Å². The van der Waals surface area contributed by atoms with Crippen LogP contribution in [0.3, 0.4) is 0 Å². The first-order valence-electron chi connectivity index (χ1n) is 10.2. The van der Waals surface area contributed by atoms with Gasteiger partial charge in [0, 0.05) is 29.1 Å². The highest BCUT2D eigenvalue weighted by atomic mass is 35.5. The van der Waals surface area contributed by atoms with Gasteiger partial charge in [-0.25, -0.2) is 8.42 Å². The third-order valence-corrected chi connectivity index (χ3v) is 7.82. The van der Waals surface area contributed by atoms with E-state index in [-0.39, 0.29) is 11.4 Å². The Hall–Kier alpha value is -3.06. The highest BCUT2D eigenvalue weighted by molar-refractivity contribution is 7.89. The zero-order valence-electron chi connectivity index (χ0n) is 17.4. The second-order valence-electron chi connectivity index (χ2n) is 7.62. The van der Waals surface area contributed by atoms with Crippen LogP contribution in [0.4, 0.5) is 0 Å². The van der Waals surface area contributed by atoms with Gasteiger partial charge in [-0.05, 0) is 65.7 Å². The van der Waals surface area contributed by atoms with E-state index < -0.39 is 16.1 Å². The van der Waals surface area contributed by atoms with Gasteiger partial charge in [0.1, 0.15) is 5.75 Å². The number of hydrogen-bond donors (Lipinski definition) is 0. The Morgan fingerprint density at radius 1 is 0.938 bits per heavy atom. The van der Waals surface area contributed by atoms with Gasteiger partial charge in [-0.3, -0.25) is 0 Å². The van der Waals surface area contributed by atoms with Crippen molar-refractivity contribution in [1.82, 2.24) is 8.87 Å². The summed E-state index contributed by atoms with van der Waals surface area (Å²) in [7, 11) is -2.31. The normalized spacial score (nSPS) is 16.1. The van der Waals surface area contributed by atoms with Crippen molar-refractivity contribution < 1.29 is 13.2 Å². The van der Waals surface area contributed by atoms with Crippen molar-refractivity contribution in [2.45, 2.75) is 17.5 Å². The number of ether oxygens (including phenoxy) is 1. The van der Waals surface area contributed by atoms with Gasteiger partial charge in [-0.15, -0.1) is 0 Å². The Morgan fingerprint density at radius 3 is 2.47 bits per heavy atom. The minimum atomic E-state index is -3.86. The SMILES string of the molecule is COc1ccc(S(=O)(=O)N2Cc3ccccc3-n3cccc3C2c2cccc(Cl)c2)cc1. The Kier molecular flexibility index (Phi) is 5.29. The summed E-state index contributed by atoms with van der Waals surface area (Å²) < 4.78 is 36.8. The topological polar surface area (TPSA) is 51.5 Å². The molecule has 1 atom stereocenters. The summed E-state index contributed by atoms with van der Waals surface area (Å²) in [6, 6.07) is 25.1. The molecule has 5 nitrogen and oxygen atoms in total. The van der Waals surface area contributed by atoms with Gasteiger partial charge >= 0.3 is 0 Å². The Bertz CT molecular complexity index is 1380. The molecule has 0 saturated heterocycles. The zero-order chi connectivity index (χ0) is 22.3. The quantitative estimate of drug-likeness (QED) is 0.404. The highest BCUT2D eigenvalue weighted by Crippen LogP contribution is 2.40. The number of para-hydroxylation sites is 1. The lowest BCUT2D eigenvalue weighted by Crippen LogP contribution is -2.34. The number of benzene rings is 3. The Morgan fingerprint density at radius 2 is 1.72 bits per heavy atom. The van der Waals surface area contributed by atoms with Crippen molar-refractivity contribution in [3.05, 3.63) is 113 Å². The minimum Gasteiger partial charge on any atom is -0.497 e. The number of hydrogen-bond acceptors (Lipinski definition) is 3. The molecule has 0 amide bonds. The number of methoxy groups -OCH3 is 1. The number of aromatic nitrogens is 1. The molecule has 0 fully saturated rings. The van der Waals surface area contributed by atoms with E-state index in [0.29, 0.717) is 10.8 Å². The second kappa shape index (κ2) is 8.13. The number of halogens is 1. The van der Waals surface area contributed by atoms with Crippen LogP contribution < -0.4 is 4.74 Å². The molecule has 1 aliphatic heterocycles.